The smallest absolute Gasteiger partial charge is 0.287 e. The number of nitrogens with one attached hydrogen (secondary N) is 2. The third-order valence-electron chi connectivity index (χ3n) is 4.04. The first-order chi connectivity index (χ1) is 14.5. The van der Waals surface area contributed by atoms with Crippen molar-refractivity contribution in [2.75, 3.05) is 0 Å². The first-order valence-electron chi connectivity index (χ1n) is 8.98. The van der Waals surface area contributed by atoms with E-state index in [0.717, 1.165) is 0 Å². The second-order valence-corrected chi connectivity index (χ2v) is 6.56. The zero-order valence-corrected chi connectivity index (χ0v) is 16.5. The van der Waals surface area contributed by atoms with E-state index >= 15 is 0 Å². The van der Waals surface area contributed by atoms with Crippen LogP contribution in [0, 0.1) is 0 Å². The van der Waals surface area contributed by atoms with Crippen molar-refractivity contribution in [1.82, 2.24) is 10.7 Å². The van der Waals surface area contributed by atoms with Gasteiger partial charge in [0.15, 0.2) is 0 Å². The van der Waals surface area contributed by atoms with Crippen LogP contribution in [0.3, 0.4) is 0 Å². The lowest BCUT2D eigenvalue weighted by Gasteiger charge is -2.10. The second-order valence-electron chi connectivity index (χ2n) is 6.16. The van der Waals surface area contributed by atoms with Crippen LogP contribution in [0.5, 0.6) is 5.75 Å². The van der Waals surface area contributed by atoms with Gasteiger partial charge in [-0.2, -0.15) is 5.10 Å². The summed E-state index contributed by atoms with van der Waals surface area (Å²) in [6.45, 7) is 0. The van der Waals surface area contributed by atoms with Crippen LogP contribution in [0.4, 0.5) is 0 Å². The van der Waals surface area contributed by atoms with Crippen LogP contribution in [-0.4, -0.2) is 23.1 Å². The molecule has 0 aliphatic rings. The van der Waals surface area contributed by atoms with Crippen LogP contribution in [0.15, 0.2) is 89.7 Å². The molecule has 0 saturated carbocycles. The highest BCUT2D eigenvalue weighted by Crippen LogP contribution is 2.19. The Morgan fingerprint density at radius 3 is 2.20 bits per heavy atom. The van der Waals surface area contributed by atoms with Gasteiger partial charge in [0.1, 0.15) is 11.4 Å². The average molecular weight is 420 g/mol. The van der Waals surface area contributed by atoms with Gasteiger partial charge in [-0.25, -0.2) is 5.43 Å². The van der Waals surface area contributed by atoms with Crippen molar-refractivity contribution in [3.63, 3.8) is 0 Å². The maximum absolute atomic E-state index is 12.7. The molecule has 3 aromatic carbocycles. The molecule has 7 heteroatoms. The Morgan fingerprint density at radius 1 is 0.867 bits per heavy atom. The van der Waals surface area contributed by atoms with Gasteiger partial charge in [-0.05, 0) is 30.3 Å². The quantitative estimate of drug-likeness (QED) is 0.321. The molecule has 0 fully saturated rings. The fraction of sp³-hybridized carbons (Fsp3) is 0. The van der Waals surface area contributed by atoms with Crippen LogP contribution >= 0.6 is 11.6 Å². The van der Waals surface area contributed by atoms with Gasteiger partial charge >= 0.3 is 0 Å². The number of aromatic hydroxyl groups is 1. The Balaban J connectivity index is 1.83. The molecule has 0 radical (unpaired) electrons. The molecule has 0 aliphatic carbocycles. The molecule has 150 valence electrons. The SMILES string of the molecule is O=C(NN=Cc1ccccc1Cl)C(=Cc1ccccc1O)NC(=O)c1ccccc1. The van der Waals surface area contributed by atoms with Crippen molar-refractivity contribution < 1.29 is 14.7 Å². The second kappa shape index (κ2) is 10.0. The first kappa shape index (κ1) is 20.8. The Labute approximate surface area is 178 Å². The number of phenolic OH excluding ortho intramolecular Hbond substituents is 1. The summed E-state index contributed by atoms with van der Waals surface area (Å²) in [4.78, 5) is 25.2. The van der Waals surface area contributed by atoms with Gasteiger partial charge < -0.3 is 10.4 Å². The predicted octanol–water partition coefficient (Wildman–Crippen LogP) is 3.97. The summed E-state index contributed by atoms with van der Waals surface area (Å²) in [7, 11) is 0. The number of benzene rings is 3. The molecule has 0 spiro atoms. The molecule has 30 heavy (non-hydrogen) atoms. The average Bonchev–Trinajstić information content (AvgIpc) is 2.76. The van der Waals surface area contributed by atoms with Gasteiger partial charge in [0.2, 0.25) is 0 Å². The lowest BCUT2D eigenvalue weighted by Crippen LogP contribution is -2.32. The molecule has 3 aromatic rings. The first-order valence-corrected chi connectivity index (χ1v) is 9.36. The standard InChI is InChI=1S/C23H18ClN3O3/c24-19-12-6-4-11-18(19)15-25-27-23(30)20(14-17-10-5-7-13-21(17)28)26-22(29)16-8-2-1-3-9-16/h1-15,28H,(H,26,29)(H,27,30). The number of carbonyl (C=O) groups excluding carboxylic acids is 2. The Hall–Kier alpha value is -3.90. The molecular weight excluding hydrogens is 402 g/mol. The van der Waals surface area contributed by atoms with Crippen molar-refractivity contribution in [2.24, 2.45) is 5.10 Å². The summed E-state index contributed by atoms with van der Waals surface area (Å²) in [6, 6.07) is 21.9. The summed E-state index contributed by atoms with van der Waals surface area (Å²) < 4.78 is 0. The molecule has 0 atom stereocenters. The number of nitrogens with zero attached hydrogens (tertiary/aromatic N) is 1. The molecule has 0 aromatic heterocycles. The minimum atomic E-state index is -0.661. The number of halogens is 1. The number of hydrogen-bond donors (Lipinski definition) is 3. The van der Waals surface area contributed by atoms with Crippen molar-refractivity contribution in [2.45, 2.75) is 0 Å². The third kappa shape index (κ3) is 5.56. The predicted molar refractivity (Wildman–Crippen MR) is 117 cm³/mol. The fourth-order valence-electron chi connectivity index (χ4n) is 2.51. The van der Waals surface area contributed by atoms with Crippen molar-refractivity contribution in [3.8, 4) is 5.75 Å². The van der Waals surface area contributed by atoms with E-state index in [0.29, 0.717) is 21.7 Å². The van der Waals surface area contributed by atoms with Gasteiger partial charge in [-0.1, -0.05) is 66.2 Å². The molecule has 2 amide bonds. The van der Waals surface area contributed by atoms with E-state index in [-0.39, 0.29) is 11.4 Å². The van der Waals surface area contributed by atoms with Crippen molar-refractivity contribution in [1.29, 1.82) is 0 Å². The monoisotopic (exact) mass is 419 g/mol. The summed E-state index contributed by atoms with van der Waals surface area (Å²) >= 11 is 6.06. The van der Waals surface area contributed by atoms with Gasteiger partial charge in [0.05, 0.1) is 6.21 Å². The van der Waals surface area contributed by atoms with E-state index in [4.69, 9.17) is 11.6 Å². The lowest BCUT2D eigenvalue weighted by atomic mass is 10.1. The molecule has 6 nitrogen and oxygen atoms in total. The number of amides is 2. The number of carbonyl (C=O) groups is 2. The molecule has 3 N–H and O–H groups in total. The molecule has 0 bridgehead atoms. The van der Waals surface area contributed by atoms with E-state index in [1.807, 2.05) is 0 Å². The summed E-state index contributed by atoms with van der Waals surface area (Å²) in [6.07, 6.45) is 2.77. The molecular formula is C23H18ClN3O3. The van der Waals surface area contributed by atoms with Crippen molar-refractivity contribution >= 4 is 35.7 Å². The van der Waals surface area contributed by atoms with E-state index in [9.17, 15) is 14.7 Å². The minimum Gasteiger partial charge on any atom is -0.507 e. The fourth-order valence-corrected chi connectivity index (χ4v) is 2.69. The molecule has 0 unspecified atom stereocenters. The van der Waals surface area contributed by atoms with Crippen LogP contribution in [0.1, 0.15) is 21.5 Å². The molecule has 0 heterocycles. The van der Waals surface area contributed by atoms with Crippen LogP contribution in [0.25, 0.3) is 6.08 Å². The van der Waals surface area contributed by atoms with E-state index in [1.54, 1.807) is 72.8 Å². The zero-order valence-electron chi connectivity index (χ0n) is 15.7. The third-order valence-corrected chi connectivity index (χ3v) is 4.38. The summed E-state index contributed by atoms with van der Waals surface area (Å²) in [5, 5.41) is 17.0. The highest BCUT2D eigenvalue weighted by molar-refractivity contribution is 6.33. The van der Waals surface area contributed by atoms with Crippen LogP contribution in [-0.2, 0) is 4.79 Å². The van der Waals surface area contributed by atoms with Crippen molar-refractivity contribution in [3.05, 3.63) is 106 Å². The number of phenols is 1. The Morgan fingerprint density at radius 2 is 1.50 bits per heavy atom. The molecule has 3 rings (SSSR count). The maximum atomic E-state index is 12.7. The number of hydrazone groups is 1. The largest absolute Gasteiger partial charge is 0.507 e. The highest BCUT2D eigenvalue weighted by Gasteiger charge is 2.15. The Kier molecular flexibility index (Phi) is 6.97. The number of rotatable bonds is 6. The summed E-state index contributed by atoms with van der Waals surface area (Å²) in [5.41, 5.74) is 3.65. The van der Waals surface area contributed by atoms with Gasteiger partial charge in [-0.3, -0.25) is 9.59 Å². The number of hydrogen-bond acceptors (Lipinski definition) is 4. The Bertz CT molecular complexity index is 1110. The summed E-state index contributed by atoms with van der Waals surface area (Å²) in [5.74, 6) is -1.16. The minimum absolute atomic E-state index is 0.0312. The van der Waals surface area contributed by atoms with E-state index < -0.39 is 11.8 Å². The normalized spacial score (nSPS) is 11.3. The lowest BCUT2D eigenvalue weighted by molar-refractivity contribution is -0.117. The van der Waals surface area contributed by atoms with Crippen LogP contribution < -0.4 is 10.7 Å². The molecule has 0 saturated heterocycles. The van der Waals surface area contributed by atoms with Crippen LogP contribution in [0.2, 0.25) is 5.02 Å². The topological polar surface area (TPSA) is 90.8 Å². The van der Waals surface area contributed by atoms with Gasteiger partial charge in [-0.15, -0.1) is 0 Å². The number of para-hydroxylation sites is 1. The van der Waals surface area contributed by atoms with E-state index in [2.05, 4.69) is 15.8 Å². The molecule has 0 aliphatic heterocycles. The maximum Gasteiger partial charge on any atom is 0.287 e. The highest BCUT2D eigenvalue weighted by atomic mass is 35.5. The van der Waals surface area contributed by atoms with Gasteiger partial charge in [0.25, 0.3) is 11.8 Å². The van der Waals surface area contributed by atoms with E-state index in [1.165, 1.54) is 18.4 Å². The zero-order chi connectivity index (χ0) is 21.3. The van der Waals surface area contributed by atoms with Gasteiger partial charge in [0, 0.05) is 21.7 Å².